The zero-order valence-corrected chi connectivity index (χ0v) is 18.4. The molecule has 1 amide bonds. The molecule has 0 saturated heterocycles. The molecule has 0 unspecified atom stereocenters. The summed E-state index contributed by atoms with van der Waals surface area (Å²) in [5, 5.41) is 16.1. The number of nitriles is 1. The number of ether oxygens (including phenoxy) is 1. The molecule has 2 N–H and O–H groups in total. The molecule has 1 aromatic heterocycles. The number of nitrogens with one attached hydrogen (secondary N) is 2. The van der Waals surface area contributed by atoms with Crippen LogP contribution in [0, 0.1) is 11.3 Å². The van der Waals surface area contributed by atoms with Crippen LogP contribution in [0.25, 0.3) is 0 Å². The minimum absolute atomic E-state index is 0.178. The summed E-state index contributed by atoms with van der Waals surface area (Å²) < 4.78 is 5.80. The number of fused-ring (bicyclic) bond motifs is 1. The number of thiocarbonyl (C=S) groups is 1. The molecule has 1 aliphatic rings. The third-order valence-corrected chi connectivity index (χ3v) is 6.50. The zero-order chi connectivity index (χ0) is 21.6. The van der Waals surface area contributed by atoms with Crippen molar-refractivity contribution in [3.63, 3.8) is 0 Å². The van der Waals surface area contributed by atoms with Crippen molar-refractivity contribution in [3.05, 3.63) is 81.7 Å². The molecule has 5 nitrogen and oxygen atoms in total. The smallest absolute Gasteiger partial charge is 0.257 e. The fraction of sp³-hybridized carbons (Fsp3) is 0.208. The number of hydrogen-bond acceptors (Lipinski definition) is 5. The van der Waals surface area contributed by atoms with Crippen LogP contribution in [0.2, 0.25) is 0 Å². The number of benzene rings is 2. The van der Waals surface area contributed by atoms with Gasteiger partial charge in [-0.2, -0.15) is 5.26 Å². The maximum Gasteiger partial charge on any atom is 0.257 e. The first-order valence-electron chi connectivity index (χ1n) is 10.1. The van der Waals surface area contributed by atoms with Crippen molar-refractivity contribution in [3.8, 4) is 11.8 Å². The molecule has 0 atom stereocenters. The van der Waals surface area contributed by atoms with E-state index in [4.69, 9.17) is 17.0 Å². The average Bonchev–Trinajstić information content (AvgIpc) is 3.35. The first-order chi connectivity index (χ1) is 15.1. The summed E-state index contributed by atoms with van der Waals surface area (Å²) in [6.45, 7) is 0.523. The SMILES string of the molecule is N#Cc1c(NC(=S)NC(=O)c2cccc(OCCc3ccccc3)c2)sc2c1CCC2. The number of anilines is 1. The fourth-order valence-electron chi connectivity index (χ4n) is 3.58. The van der Waals surface area contributed by atoms with Gasteiger partial charge in [0.05, 0.1) is 12.2 Å². The van der Waals surface area contributed by atoms with Crippen LogP contribution in [0.3, 0.4) is 0 Å². The van der Waals surface area contributed by atoms with Crippen LogP contribution in [0.4, 0.5) is 5.00 Å². The Morgan fingerprint density at radius 1 is 1.16 bits per heavy atom. The monoisotopic (exact) mass is 447 g/mol. The molecule has 4 rings (SSSR count). The summed E-state index contributed by atoms with van der Waals surface area (Å²) in [6, 6.07) is 19.4. The quantitative estimate of drug-likeness (QED) is 0.528. The molecule has 2 aromatic carbocycles. The Kier molecular flexibility index (Phi) is 6.60. The lowest BCUT2D eigenvalue weighted by Crippen LogP contribution is -2.34. The van der Waals surface area contributed by atoms with Crippen LogP contribution < -0.4 is 15.4 Å². The molecular weight excluding hydrogens is 426 g/mol. The van der Waals surface area contributed by atoms with Crippen molar-refractivity contribution in [2.75, 3.05) is 11.9 Å². The Morgan fingerprint density at radius 2 is 2.00 bits per heavy atom. The molecule has 0 spiro atoms. The van der Waals surface area contributed by atoms with Gasteiger partial charge >= 0.3 is 0 Å². The Hall–Kier alpha value is -3.21. The van der Waals surface area contributed by atoms with Crippen molar-refractivity contribution in [1.82, 2.24) is 5.32 Å². The van der Waals surface area contributed by atoms with Crippen molar-refractivity contribution in [1.29, 1.82) is 5.26 Å². The van der Waals surface area contributed by atoms with Crippen LogP contribution >= 0.6 is 23.6 Å². The van der Waals surface area contributed by atoms with E-state index >= 15 is 0 Å². The number of carbonyl (C=O) groups excluding carboxylic acids is 1. The van der Waals surface area contributed by atoms with Crippen molar-refractivity contribution >= 4 is 39.6 Å². The van der Waals surface area contributed by atoms with Gasteiger partial charge < -0.3 is 10.1 Å². The van der Waals surface area contributed by atoms with Gasteiger partial charge in [-0.15, -0.1) is 11.3 Å². The van der Waals surface area contributed by atoms with Gasteiger partial charge in [-0.25, -0.2) is 0 Å². The molecule has 1 aliphatic carbocycles. The van der Waals surface area contributed by atoms with Gasteiger partial charge in [0.1, 0.15) is 16.8 Å². The summed E-state index contributed by atoms with van der Waals surface area (Å²) >= 11 is 6.85. The molecule has 0 fully saturated rings. The molecule has 0 radical (unpaired) electrons. The highest BCUT2D eigenvalue weighted by molar-refractivity contribution is 7.80. The van der Waals surface area contributed by atoms with E-state index in [2.05, 4.69) is 28.8 Å². The first-order valence-corrected chi connectivity index (χ1v) is 11.3. The standard InChI is InChI=1S/C24H21N3O2S2/c25-15-20-19-10-5-11-21(19)31-23(20)27-24(30)26-22(28)17-8-4-9-18(14-17)29-13-12-16-6-2-1-3-7-16/h1-4,6-9,14H,5,10-13H2,(H2,26,27,28,30). The number of nitrogens with zero attached hydrogens (tertiary/aromatic N) is 1. The molecule has 0 saturated carbocycles. The first kappa shape index (κ1) is 21.0. The van der Waals surface area contributed by atoms with Gasteiger partial charge in [0, 0.05) is 16.9 Å². The number of aryl methyl sites for hydroxylation is 1. The van der Waals surface area contributed by atoms with Crippen molar-refractivity contribution in [2.45, 2.75) is 25.7 Å². The normalized spacial score (nSPS) is 12.0. The molecule has 3 aromatic rings. The highest BCUT2D eigenvalue weighted by atomic mass is 32.1. The van der Waals surface area contributed by atoms with Gasteiger partial charge in [-0.3, -0.25) is 10.1 Å². The van der Waals surface area contributed by atoms with Crippen LogP contribution in [0.5, 0.6) is 5.75 Å². The average molecular weight is 448 g/mol. The second-order valence-corrected chi connectivity index (χ2v) is 8.71. The van der Waals surface area contributed by atoms with E-state index in [0.717, 1.165) is 31.2 Å². The minimum Gasteiger partial charge on any atom is -0.493 e. The second kappa shape index (κ2) is 9.73. The van der Waals surface area contributed by atoms with E-state index < -0.39 is 0 Å². The number of carbonyl (C=O) groups is 1. The van der Waals surface area contributed by atoms with Gasteiger partial charge in [0.25, 0.3) is 5.91 Å². The highest BCUT2D eigenvalue weighted by Crippen LogP contribution is 2.38. The van der Waals surface area contributed by atoms with E-state index in [0.29, 0.717) is 28.5 Å². The van der Waals surface area contributed by atoms with Gasteiger partial charge in [-0.1, -0.05) is 36.4 Å². The van der Waals surface area contributed by atoms with Gasteiger partial charge in [0.2, 0.25) is 0 Å². The maximum atomic E-state index is 12.6. The minimum atomic E-state index is -0.325. The lowest BCUT2D eigenvalue weighted by molar-refractivity contribution is 0.0977. The number of rotatable bonds is 6. The van der Waals surface area contributed by atoms with Crippen molar-refractivity contribution in [2.24, 2.45) is 0 Å². The van der Waals surface area contributed by atoms with E-state index in [-0.39, 0.29) is 11.0 Å². The predicted molar refractivity (Wildman–Crippen MR) is 127 cm³/mol. The fourth-order valence-corrected chi connectivity index (χ4v) is 5.08. The Morgan fingerprint density at radius 3 is 2.81 bits per heavy atom. The Bertz CT molecular complexity index is 1150. The lowest BCUT2D eigenvalue weighted by atomic mass is 10.1. The highest BCUT2D eigenvalue weighted by Gasteiger charge is 2.22. The Labute approximate surface area is 190 Å². The molecule has 156 valence electrons. The molecule has 1 heterocycles. The van der Waals surface area contributed by atoms with Crippen molar-refractivity contribution < 1.29 is 9.53 Å². The zero-order valence-electron chi connectivity index (χ0n) is 16.8. The largest absolute Gasteiger partial charge is 0.493 e. The summed E-state index contributed by atoms with van der Waals surface area (Å²) in [4.78, 5) is 13.9. The topological polar surface area (TPSA) is 74.2 Å². The molecular formula is C24H21N3O2S2. The molecule has 0 bridgehead atoms. The molecule has 7 heteroatoms. The number of hydrogen-bond donors (Lipinski definition) is 2. The number of amides is 1. The third-order valence-electron chi connectivity index (χ3n) is 5.09. The van der Waals surface area contributed by atoms with Gasteiger partial charge in [0.15, 0.2) is 5.11 Å². The summed E-state index contributed by atoms with van der Waals surface area (Å²) in [7, 11) is 0. The summed E-state index contributed by atoms with van der Waals surface area (Å²) in [5.41, 5.74) is 3.41. The van der Waals surface area contributed by atoms with E-state index in [1.165, 1.54) is 10.4 Å². The summed E-state index contributed by atoms with van der Waals surface area (Å²) in [5.74, 6) is 0.303. The van der Waals surface area contributed by atoms with E-state index in [9.17, 15) is 10.1 Å². The van der Waals surface area contributed by atoms with E-state index in [1.54, 1.807) is 29.5 Å². The maximum absolute atomic E-state index is 12.6. The van der Waals surface area contributed by atoms with Crippen LogP contribution in [-0.4, -0.2) is 17.6 Å². The van der Waals surface area contributed by atoms with Crippen LogP contribution in [-0.2, 0) is 19.3 Å². The molecule has 31 heavy (non-hydrogen) atoms. The third kappa shape index (κ3) is 5.10. The lowest BCUT2D eigenvalue weighted by Gasteiger charge is -2.10. The van der Waals surface area contributed by atoms with Crippen LogP contribution in [0.1, 0.15) is 38.3 Å². The Balaban J connectivity index is 1.34. The van der Waals surface area contributed by atoms with E-state index in [1.807, 2.05) is 24.3 Å². The summed E-state index contributed by atoms with van der Waals surface area (Å²) in [6.07, 6.45) is 3.79. The number of thiophene rings is 1. The predicted octanol–water partition coefficient (Wildman–Crippen LogP) is 4.86. The molecule has 0 aliphatic heterocycles. The van der Waals surface area contributed by atoms with Gasteiger partial charge in [-0.05, 0) is 60.8 Å². The van der Waals surface area contributed by atoms with Crippen LogP contribution in [0.15, 0.2) is 54.6 Å². The second-order valence-electron chi connectivity index (χ2n) is 7.19.